The van der Waals surface area contributed by atoms with Crippen LogP contribution in [0.25, 0.3) is 0 Å². The summed E-state index contributed by atoms with van der Waals surface area (Å²) in [6, 6.07) is 17.9. The summed E-state index contributed by atoms with van der Waals surface area (Å²) in [6.07, 6.45) is 3.96. The third-order valence-electron chi connectivity index (χ3n) is 7.13. The van der Waals surface area contributed by atoms with Crippen molar-refractivity contribution in [3.05, 3.63) is 84.2 Å². The van der Waals surface area contributed by atoms with Crippen molar-refractivity contribution >= 4 is 35.4 Å². The smallest absolute Gasteiger partial charge is 0.250 e. The topological polar surface area (TPSA) is 111 Å². The number of benzene rings is 2. The van der Waals surface area contributed by atoms with Crippen LogP contribution in [0.4, 0.5) is 0 Å². The minimum atomic E-state index is -0.849. The number of carbonyl (C=O) groups is 4. The van der Waals surface area contributed by atoms with Gasteiger partial charge in [0.05, 0.1) is 12.6 Å². The summed E-state index contributed by atoms with van der Waals surface area (Å²) in [5.41, 5.74) is 1.67. The second-order valence-electron chi connectivity index (χ2n) is 11.4. The Morgan fingerprint density at radius 1 is 0.929 bits per heavy atom. The molecule has 10 heteroatoms. The fourth-order valence-corrected chi connectivity index (χ4v) is 5.49. The predicted octanol–water partition coefficient (Wildman–Crippen LogP) is 2.93. The molecule has 3 rings (SSSR count). The van der Waals surface area contributed by atoms with Crippen molar-refractivity contribution in [3.63, 3.8) is 0 Å². The number of rotatable bonds is 13. The minimum Gasteiger partial charge on any atom is -0.345 e. The van der Waals surface area contributed by atoms with Crippen LogP contribution in [0.5, 0.6) is 0 Å². The van der Waals surface area contributed by atoms with E-state index in [0.29, 0.717) is 24.5 Å². The van der Waals surface area contributed by atoms with E-state index in [-0.39, 0.29) is 18.4 Å². The maximum absolute atomic E-state index is 13.6. The zero-order valence-electron chi connectivity index (χ0n) is 25.1. The first-order valence-electron chi connectivity index (χ1n) is 14.2. The predicted molar refractivity (Wildman–Crippen MR) is 167 cm³/mol. The first kappa shape index (κ1) is 32.9. The van der Waals surface area contributed by atoms with E-state index in [2.05, 4.69) is 16.0 Å². The van der Waals surface area contributed by atoms with E-state index in [9.17, 15) is 19.2 Å². The van der Waals surface area contributed by atoms with E-state index in [0.717, 1.165) is 11.1 Å². The van der Waals surface area contributed by atoms with Crippen LogP contribution in [0.2, 0.25) is 0 Å². The van der Waals surface area contributed by atoms with Crippen LogP contribution >= 0.6 is 11.8 Å². The summed E-state index contributed by atoms with van der Waals surface area (Å²) in [5.74, 6) is -0.218. The molecule has 1 aliphatic heterocycles. The van der Waals surface area contributed by atoms with Gasteiger partial charge in [0.2, 0.25) is 17.7 Å². The second kappa shape index (κ2) is 15.6. The van der Waals surface area contributed by atoms with Crippen molar-refractivity contribution in [3.8, 4) is 0 Å². The van der Waals surface area contributed by atoms with Crippen molar-refractivity contribution in [1.82, 2.24) is 25.8 Å². The van der Waals surface area contributed by atoms with Crippen LogP contribution in [0.1, 0.15) is 38.8 Å². The van der Waals surface area contributed by atoms with Crippen LogP contribution < -0.4 is 16.0 Å². The van der Waals surface area contributed by atoms with Crippen molar-refractivity contribution < 1.29 is 19.2 Å². The summed E-state index contributed by atoms with van der Waals surface area (Å²) < 4.78 is 0. The van der Waals surface area contributed by atoms with E-state index in [1.54, 1.807) is 43.0 Å². The van der Waals surface area contributed by atoms with Gasteiger partial charge in [0.25, 0.3) is 5.91 Å². The Labute approximate surface area is 253 Å². The third kappa shape index (κ3) is 9.46. The molecule has 0 unspecified atom stereocenters. The average molecular weight is 594 g/mol. The number of carbonyl (C=O) groups excluding carboxylic acids is 4. The van der Waals surface area contributed by atoms with Crippen LogP contribution in [0.3, 0.4) is 0 Å². The van der Waals surface area contributed by atoms with Gasteiger partial charge in [0, 0.05) is 30.5 Å². The minimum absolute atomic E-state index is 0.158. The molecule has 0 saturated heterocycles. The van der Waals surface area contributed by atoms with E-state index in [1.165, 1.54) is 4.90 Å². The quantitative estimate of drug-likeness (QED) is 0.330. The zero-order chi connectivity index (χ0) is 30.7. The highest BCUT2D eigenvalue weighted by molar-refractivity contribution is 7.98. The lowest BCUT2D eigenvalue weighted by molar-refractivity contribution is -0.142. The second-order valence-corrected chi connectivity index (χ2v) is 12.4. The first-order valence-corrected chi connectivity index (χ1v) is 15.4. The first-order chi connectivity index (χ1) is 20.0. The highest BCUT2D eigenvalue weighted by Gasteiger charge is 2.36. The van der Waals surface area contributed by atoms with Gasteiger partial charge in [-0.1, -0.05) is 81.4 Å². The molecule has 42 heavy (non-hydrogen) atoms. The Bertz CT molecular complexity index is 1230. The molecule has 1 heterocycles. The molecule has 0 fully saturated rings. The van der Waals surface area contributed by atoms with Gasteiger partial charge in [-0.2, -0.15) is 11.8 Å². The normalized spacial score (nSPS) is 16.6. The summed E-state index contributed by atoms with van der Waals surface area (Å²) in [6.45, 7) is 7.44. The Kier molecular flexibility index (Phi) is 12.2. The zero-order valence-corrected chi connectivity index (χ0v) is 25.9. The van der Waals surface area contributed by atoms with Crippen LogP contribution in [0, 0.1) is 5.41 Å². The number of hydrogen-bond acceptors (Lipinski definition) is 6. The highest BCUT2D eigenvalue weighted by atomic mass is 32.2. The molecule has 3 N–H and O–H groups in total. The van der Waals surface area contributed by atoms with Gasteiger partial charge < -0.3 is 25.8 Å². The van der Waals surface area contributed by atoms with E-state index in [1.807, 2.05) is 81.4 Å². The SMILES string of the molecule is CN[C@@H](C)C(=O)N[C@H](C(=O)NCC(=O)N1C=CN(CCc2ccccc2)C(=O)[C@@H]1CSCc1ccccc1)C(C)(C)C. The Morgan fingerprint density at radius 3 is 2.14 bits per heavy atom. The van der Waals surface area contributed by atoms with E-state index < -0.39 is 35.4 Å². The van der Waals surface area contributed by atoms with Gasteiger partial charge >= 0.3 is 0 Å². The molecular formula is C32H43N5O4S. The van der Waals surface area contributed by atoms with Crippen LogP contribution in [-0.4, -0.2) is 77.4 Å². The molecule has 3 atom stereocenters. The molecule has 226 valence electrons. The standard InChI is InChI=1S/C32H43N5O4S/c1-23(33-5)29(39)35-28(32(2,3)4)30(40)34-20-27(38)37-19-18-36(17-16-24-12-8-6-9-13-24)31(41)26(37)22-42-21-25-14-10-7-11-15-25/h6-15,18-19,23,26,28,33H,16-17,20-22H2,1-5H3,(H,34,40)(H,35,39)/t23-,26-,28+/m0/s1. The molecule has 2 aromatic carbocycles. The Balaban J connectivity index is 1.70. The summed E-state index contributed by atoms with van der Waals surface area (Å²) in [4.78, 5) is 55.8. The number of amides is 4. The monoisotopic (exact) mass is 593 g/mol. The number of hydrogen-bond donors (Lipinski definition) is 3. The lowest BCUT2D eigenvalue weighted by atomic mass is 9.86. The number of nitrogens with zero attached hydrogens (tertiary/aromatic N) is 2. The van der Waals surface area contributed by atoms with Crippen molar-refractivity contribution in [1.29, 1.82) is 0 Å². The molecule has 0 spiro atoms. The Hall–Kier alpha value is -3.63. The maximum Gasteiger partial charge on any atom is 0.250 e. The lowest BCUT2D eigenvalue weighted by Gasteiger charge is -2.36. The highest BCUT2D eigenvalue weighted by Crippen LogP contribution is 2.22. The maximum atomic E-state index is 13.6. The fraction of sp³-hybridized carbons (Fsp3) is 0.438. The van der Waals surface area contributed by atoms with Gasteiger partial charge in [0.15, 0.2) is 0 Å². The number of nitrogens with one attached hydrogen (secondary N) is 3. The average Bonchev–Trinajstić information content (AvgIpc) is 2.98. The van der Waals surface area contributed by atoms with Gasteiger partial charge in [-0.3, -0.25) is 19.2 Å². The molecule has 0 saturated carbocycles. The molecule has 4 amide bonds. The summed E-state index contributed by atoms with van der Waals surface area (Å²) in [7, 11) is 1.67. The molecule has 0 aromatic heterocycles. The van der Waals surface area contributed by atoms with Gasteiger partial charge in [0.1, 0.15) is 12.1 Å². The molecule has 9 nitrogen and oxygen atoms in total. The van der Waals surface area contributed by atoms with Crippen LogP contribution in [0.15, 0.2) is 73.1 Å². The molecule has 1 aliphatic rings. The van der Waals surface area contributed by atoms with Crippen molar-refractivity contribution in [2.24, 2.45) is 5.41 Å². The van der Waals surface area contributed by atoms with Gasteiger partial charge in [-0.25, -0.2) is 0 Å². The van der Waals surface area contributed by atoms with Crippen molar-refractivity contribution in [2.45, 2.75) is 58.0 Å². The number of thioether (sulfide) groups is 1. The molecule has 0 radical (unpaired) electrons. The van der Waals surface area contributed by atoms with Gasteiger partial charge in [-0.15, -0.1) is 0 Å². The molecular weight excluding hydrogens is 550 g/mol. The molecule has 0 aliphatic carbocycles. The Morgan fingerprint density at radius 2 is 1.55 bits per heavy atom. The van der Waals surface area contributed by atoms with Gasteiger partial charge in [-0.05, 0) is 36.9 Å². The van der Waals surface area contributed by atoms with Crippen LogP contribution in [-0.2, 0) is 31.4 Å². The van der Waals surface area contributed by atoms with Crippen molar-refractivity contribution in [2.75, 3.05) is 25.9 Å². The van der Waals surface area contributed by atoms with E-state index in [4.69, 9.17) is 0 Å². The third-order valence-corrected chi connectivity index (χ3v) is 8.21. The number of likely N-dealkylation sites (N-methyl/N-ethyl adjacent to an activating group) is 1. The molecule has 0 bridgehead atoms. The molecule has 2 aromatic rings. The fourth-order valence-electron chi connectivity index (χ4n) is 4.42. The van der Waals surface area contributed by atoms with E-state index >= 15 is 0 Å². The summed E-state index contributed by atoms with van der Waals surface area (Å²) >= 11 is 1.58. The lowest BCUT2D eigenvalue weighted by Crippen LogP contribution is -2.58. The largest absolute Gasteiger partial charge is 0.345 e. The summed E-state index contributed by atoms with van der Waals surface area (Å²) in [5, 5.41) is 8.34.